The van der Waals surface area contributed by atoms with Crippen LogP contribution < -0.4 is 5.73 Å². The van der Waals surface area contributed by atoms with Crippen molar-refractivity contribution >= 4 is 38.8 Å². The monoisotopic (exact) mass is 661 g/mol. The van der Waals surface area contributed by atoms with Gasteiger partial charge in [-0.05, 0) is 107 Å². The molecule has 1 aliphatic carbocycles. The summed E-state index contributed by atoms with van der Waals surface area (Å²) >= 11 is 0. The Bertz CT molecular complexity index is 2620. The van der Waals surface area contributed by atoms with Crippen molar-refractivity contribution in [2.24, 2.45) is 21.9 Å². The van der Waals surface area contributed by atoms with Crippen LogP contribution in [0.25, 0.3) is 61.3 Å². The zero-order valence-electron chi connectivity index (χ0n) is 28.9. The number of allylic oxidation sites excluding steroid dienone is 1. The van der Waals surface area contributed by atoms with Gasteiger partial charge in [0.1, 0.15) is 6.17 Å². The lowest BCUT2D eigenvalue weighted by molar-refractivity contribution is 0.691. The molecule has 0 radical (unpaired) electrons. The first-order valence-corrected chi connectivity index (χ1v) is 17.7. The zero-order valence-corrected chi connectivity index (χ0v) is 28.9. The van der Waals surface area contributed by atoms with Crippen LogP contribution in [0.3, 0.4) is 0 Å². The molecule has 5 nitrogen and oxygen atoms in total. The number of azo groups is 1. The minimum absolute atomic E-state index is 0.479. The van der Waals surface area contributed by atoms with E-state index in [0.29, 0.717) is 12.5 Å². The minimum Gasteiger partial charge on any atom is -0.310 e. The normalized spacial score (nSPS) is 14.9. The van der Waals surface area contributed by atoms with Crippen LogP contribution in [-0.4, -0.2) is 9.13 Å². The number of benzene rings is 6. The number of aromatic nitrogens is 2. The maximum absolute atomic E-state index is 6.66. The molecule has 2 N–H and O–H groups in total. The summed E-state index contributed by atoms with van der Waals surface area (Å²) in [7, 11) is 0. The van der Waals surface area contributed by atoms with Gasteiger partial charge in [0.2, 0.25) is 0 Å². The molecule has 1 aliphatic rings. The van der Waals surface area contributed by atoms with E-state index in [4.69, 9.17) is 5.73 Å². The zero-order chi connectivity index (χ0) is 34.5. The molecule has 51 heavy (non-hydrogen) atoms. The van der Waals surface area contributed by atoms with Gasteiger partial charge in [-0.3, -0.25) is 0 Å². The summed E-state index contributed by atoms with van der Waals surface area (Å²) in [5.41, 5.74) is 20.7. The minimum atomic E-state index is -0.555. The van der Waals surface area contributed by atoms with Gasteiger partial charge in [0.05, 0.1) is 23.1 Å². The fraction of sp³-hybridized carbons (Fsp3) is 0.130. The molecule has 0 spiro atoms. The van der Waals surface area contributed by atoms with Crippen molar-refractivity contribution in [2.45, 2.75) is 33.0 Å². The standard InChI is InChI=1S/C46H39N5/c1-30-17-21-43-40(25-30)39-20-18-34(33-19-22-44-41(27-33)38-15-9-10-16-42(38)50(44)36-13-7-4-8-14-36)28-45(39)51(43)37-24-31(2)23-35(26-37)46(47)49-48-29-32-11-5-3-6-12-32/h3-24,26-28,30,46H,25,29,47H2,1-2H3. The quantitative estimate of drug-likeness (QED) is 0.170. The predicted molar refractivity (Wildman–Crippen MR) is 212 cm³/mol. The number of aryl methyl sites for hydroxylation is 1. The number of para-hydroxylation sites is 2. The van der Waals surface area contributed by atoms with Crippen molar-refractivity contribution in [3.05, 3.63) is 174 Å². The van der Waals surface area contributed by atoms with E-state index < -0.39 is 6.17 Å². The summed E-state index contributed by atoms with van der Waals surface area (Å²) in [6.07, 6.45) is 5.08. The topological polar surface area (TPSA) is 60.6 Å². The Balaban J connectivity index is 1.16. The SMILES string of the molecule is Cc1cc(C(N)N=NCc2ccccc2)cc(-n2c3c(c4ccc(-c5ccc6c(c5)c5ccccc5n6-c5ccccc5)cc42)CC(C)C=C3)c1. The number of fused-ring (bicyclic) bond motifs is 6. The Labute approximate surface area is 298 Å². The first-order chi connectivity index (χ1) is 25.0. The Morgan fingerprint density at radius 3 is 2.24 bits per heavy atom. The van der Waals surface area contributed by atoms with E-state index in [1.54, 1.807) is 0 Å². The Morgan fingerprint density at radius 2 is 1.39 bits per heavy atom. The first kappa shape index (κ1) is 31.0. The number of nitrogens with zero attached hydrogens (tertiary/aromatic N) is 4. The van der Waals surface area contributed by atoms with Gasteiger partial charge < -0.3 is 14.9 Å². The highest BCUT2D eigenvalue weighted by Gasteiger charge is 2.23. The van der Waals surface area contributed by atoms with Crippen molar-refractivity contribution < 1.29 is 0 Å². The predicted octanol–water partition coefficient (Wildman–Crippen LogP) is 11.5. The van der Waals surface area contributed by atoms with Gasteiger partial charge in [-0.15, -0.1) is 0 Å². The summed E-state index contributed by atoms with van der Waals surface area (Å²) in [5, 5.41) is 12.8. The second-order valence-electron chi connectivity index (χ2n) is 13.8. The fourth-order valence-electron chi connectivity index (χ4n) is 7.83. The molecule has 0 aliphatic heterocycles. The van der Waals surface area contributed by atoms with Gasteiger partial charge in [0.25, 0.3) is 0 Å². The second kappa shape index (κ2) is 12.7. The summed E-state index contributed by atoms with van der Waals surface area (Å²) in [6.45, 7) is 4.93. The summed E-state index contributed by atoms with van der Waals surface area (Å²) < 4.78 is 4.78. The number of rotatable bonds is 7. The highest BCUT2D eigenvalue weighted by atomic mass is 15.2. The highest BCUT2D eigenvalue weighted by Crippen LogP contribution is 2.40. The van der Waals surface area contributed by atoms with Crippen LogP contribution in [0.15, 0.2) is 156 Å². The molecular formula is C46H39N5. The molecule has 0 saturated carbocycles. The molecule has 2 atom stereocenters. The lowest BCUT2D eigenvalue weighted by Gasteiger charge is -2.17. The van der Waals surface area contributed by atoms with Gasteiger partial charge in [-0.1, -0.05) is 104 Å². The molecule has 2 unspecified atom stereocenters. The highest BCUT2D eigenvalue weighted by molar-refractivity contribution is 6.10. The lowest BCUT2D eigenvalue weighted by Crippen LogP contribution is -2.09. The smallest absolute Gasteiger partial charge is 0.144 e. The van der Waals surface area contributed by atoms with E-state index in [9.17, 15) is 0 Å². The third-order valence-electron chi connectivity index (χ3n) is 10.2. The van der Waals surface area contributed by atoms with Crippen LogP contribution in [-0.2, 0) is 13.0 Å². The average molecular weight is 662 g/mol. The van der Waals surface area contributed by atoms with Gasteiger partial charge in [-0.2, -0.15) is 10.2 Å². The van der Waals surface area contributed by atoms with E-state index in [1.165, 1.54) is 60.8 Å². The van der Waals surface area contributed by atoms with Crippen LogP contribution in [0.5, 0.6) is 0 Å². The first-order valence-electron chi connectivity index (χ1n) is 17.7. The van der Waals surface area contributed by atoms with Gasteiger partial charge >= 0.3 is 0 Å². The largest absolute Gasteiger partial charge is 0.310 e. The third-order valence-corrected chi connectivity index (χ3v) is 10.2. The lowest BCUT2D eigenvalue weighted by atomic mass is 9.92. The second-order valence-corrected chi connectivity index (χ2v) is 13.8. The Hall–Kier alpha value is -6.04. The van der Waals surface area contributed by atoms with Crippen LogP contribution in [0.1, 0.15) is 41.0 Å². The molecule has 0 saturated heterocycles. The number of nitrogens with two attached hydrogens (primary N) is 1. The Morgan fingerprint density at radius 1 is 0.667 bits per heavy atom. The maximum atomic E-state index is 6.66. The Kier molecular flexibility index (Phi) is 7.71. The van der Waals surface area contributed by atoms with E-state index in [1.807, 2.05) is 18.2 Å². The van der Waals surface area contributed by atoms with Crippen LogP contribution in [0.2, 0.25) is 0 Å². The number of hydrogen-bond acceptors (Lipinski definition) is 3. The molecule has 6 aromatic carbocycles. The van der Waals surface area contributed by atoms with Crippen LogP contribution >= 0.6 is 0 Å². The summed E-state index contributed by atoms with van der Waals surface area (Å²) in [6, 6.07) is 49.9. The molecule has 0 amide bonds. The van der Waals surface area contributed by atoms with Crippen molar-refractivity contribution in [1.29, 1.82) is 0 Å². The molecule has 2 heterocycles. The van der Waals surface area contributed by atoms with Crippen molar-refractivity contribution in [1.82, 2.24) is 9.13 Å². The van der Waals surface area contributed by atoms with E-state index in [-0.39, 0.29) is 0 Å². The average Bonchev–Trinajstić information content (AvgIpc) is 3.67. The van der Waals surface area contributed by atoms with Gasteiger partial charge in [-0.25, -0.2) is 0 Å². The molecular weight excluding hydrogens is 623 g/mol. The van der Waals surface area contributed by atoms with Crippen molar-refractivity contribution in [3.8, 4) is 22.5 Å². The van der Waals surface area contributed by atoms with E-state index in [0.717, 1.165) is 28.8 Å². The van der Waals surface area contributed by atoms with Crippen molar-refractivity contribution in [3.63, 3.8) is 0 Å². The molecule has 9 rings (SSSR count). The van der Waals surface area contributed by atoms with E-state index in [2.05, 4.69) is 167 Å². The molecule has 8 aromatic rings. The maximum Gasteiger partial charge on any atom is 0.144 e. The fourth-order valence-corrected chi connectivity index (χ4v) is 7.83. The molecule has 248 valence electrons. The summed E-state index contributed by atoms with van der Waals surface area (Å²) in [5.74, 6) is 0.479. The molecule has 5 heteroatoms. The van der Waals surface area contributed by atoms with E-state index >= 15 is 0 Å². The molecule has 2 aromatic heterocycles. The number of hydrogen-bond donors (Lipinski definition) is 1. The van der Waals surface area contributed by atoms with Crippen LogP contribution in [0, 0.1) is 12.8 Å². The summed E-state index contributed by atoms with van der Waals surface area (Å²) in [4.78, 5) is 0. The third kappa shape index (κ3) is 5.56. The molecule has 0 fully saturated rings. The molecule has 0 bridgehead atoms. The van der Waals surface area contributed by atoms with Crippen molar-refractivity contribution in [2.75, 3.05) is 0 Å². The van der Waals surface area contributed by atoms with Gasteiger partial charge in [0, 0.05) is 33.2 Å². The van der Waals surface area contributed by atoms with Gasteiger partial charge in [0.15, 0.2) is 0 Å². The van der Waals surface area contributed by atoms with Crippen LogP contribution in [0.4, 0.5) is 0 Å².